The zero-order valence-electron chi connectivity index (χ0n) is 14.8. The average Bonchev–Trinajstić information content (AvgIpc) is 2.84. The average molecular weight is 333 g/mol. The predicted molar refractivity (Wildman–Crippen MR) is 96.5 cm³/mol. The molecule has 0 N–H and O–H groups in total. The van der Waals surface area contributed by atoms with E-state index in [1.165, 1.54) is 22.9 Å². The Labute approximate surface area is 143 Å². The molecule has 1 saturated heterocycles. The number of amides is 1. The molecule has 0 bridgehead atoms. The van der Waals surface area contributed by atoms with Gasteiger partial charge in [-0.25, -0.2) is 0 Å². The van der Waals surface area contributed by atoms with Gasteiger partial charge in [0.2, 0.25) is 5.91 Å². The van der Waals surface area contributed by atoms with Crippen molar-refractivity contribution in [2.24, 2.45) is 5.92 Å². The first-order valence-corrected chi connectivity index (χ1v) is 9.20. The van der Waals surface area contributed by atoms with Crippen molar-refractivity contribution in [3.63, 3.8) is 0 Å². The molecule has 1 aliphatic heterocycles. The largest absolute Gasteiger partial charge is 0.336 e. The molecule has 1 heterocycles. The molecule has 2 atom stereocenters. The summed E-state index contributed by atoms with van der Waals surface area (Å²) < 4.78 is 0. The predicted octanol–water partition coefficient (Wildman–Crippen LogP) is 4.17. The second kappa shape index (κ2) is 7.08. The Morgan fingerprint density at radius 2 is 1.91 bits per heavy atom. The van der Waals surface area contributed by atoms with Crippen molar-refractivity contribution in [1.82, 2.24) is 4.90 Å². The molecule has 0 aliphatic carbocycles. The number of benzene rings is 1. The Kier molecular flexibility index (Phi) is 5.56. The molecule has 1 aromatic rings. The summed E-state index contributed by atoms with van der Waals surface area (Å²) in [6.45, 7) is 11.0. The molecule has 2 unspecified atom stereocenters. The van der Waals surface area contributed by atoms with Crippen LogP contribution in [0.25, 0.3) is 0 Å². The minimum Gasteiger partial charge on any atom is -0.336 e. The van der Waals surface area contributed by atoms with Crippen molar-refractivity contribution >= 4 is 22.8 Å². The van der Waals surface area contributed by atoms with Crippen LogP contribution in [0.3, 0.4) is 0 Å². The molecule has 0 aromatic heterocycles. The summed E-state index contributed by atoms with van der Waals surface area (Å²) in [5.74, 6) is 1.23. The van der Waals surface area contributed by atoms with Gasteiger partial charge in [-0.05, 0) is 29.4 Å². The third-order valence-electron chi connectivity index (χ3n) is 4.49. The minimum atomic E-state index is 0.0869. The third kappa shape index (κ3) is 4.60. The molecule has 1 aromatic carbocycles. The second-order valence-corrected chi connectivity index (χ2v) is 8.66. The number of carbonyl (C=O) groups is 2. The van der Waals surface area contributed by atoms with Gasteiger partial charge in [0.15, 0.2) is 5.12 Å². The van der Waals surface area contributed by atoms with Gasteiger partial charge in [0, 0.05) is 25.6 Å². The molecule has 4 heteroatoms. The smallest absolute Gasteiger partial charge is 0.223 e. The summed E-state index contributed by atoms with van der Waals surface area (Å²) in [6, 6.07) is 8.68. The summed E-state index contributed by atoms with van der Waals surface area (Å²) in [5.41, 5.74) is 2.61. The Hall–Kier alpha value is -1.29. The van der Waals surface area contributed by atoms with Crippen LogP contribution in [0.1, 0.15) is 58.2 Å². The van der Waals surface area contributed by atoms with Gasteiger partial charge < -0.3 is 4.90 Å². The first-order valence-electron chi connectivity index (χ1n) is 8.21. The fourth-order valence-corrected chi connectivity index (χ4v) is 3.66. The third-order valence-corrected chi connectivity index (χ3v) is 5.53. The fraction of sp³-hybridized carbons (Fsp3) is 0.579. The molecular formula is C19H27NO2S. The van der Waals surface area contributed by atoms with Crippen LogP contribution >= 0.6 is 11.8 Å². The second-order valence-electron chi connectivity index (χ2n) is 7.47. The van der Waals surface area contributed by atoms with Gasteiger partial charge in [-0.15, -0.1) is 0 Å². The first-order chi connectivity index (χ1) is 10.7. The summed E-state index contributed by atoms with van der Waals surface area (Å²) in [4.78, 5) is 25.4. The van der Waals surface area contributed by atoms with Crippen LogP contribution in [0.15, 0.2) is 24.3 Å². The van der Waals surface area contributed by atoms with Crippen LogP contribution < -0.4 is 0 Å². The van der Waals surface area contributed by atoms with Crippen molar-refractivity contribution in [3.05, 3.63) is 35.4 Å². The lowest BCUT2D eigenvalue weighted by molar-refractivity contribution is -0.129. The van der Waals surface area contributed by atoms with E-state index in [0.29, 0.717) is 6.42 Å². The zero-order chi connectivity index (χ0) is 17.2. The quantitative estimate of drug-likeness (QED) is 0.830. The number of thioether (sulfide) groups is 1. The first kappa shape index (κ1) is 18.1. The summed E-state index contributed by atoms with van der Waals surface area (Å²) in [6.07, 6.45) is 0.560. The highest BCUT2D eigenvalue weighted by Gasteiger charge is 2.33. The Bertz CT molecular complexity index is 574. The van der Waals surface area contributed by atoms with E-state index in [1.807, 2.05) is 4.90 Å². The lowest BCUT2D eigenvalue weighted by atomic mass is 9.86. The van der Waals surface area contributed by atoms with Crippen LogP contribution in [-0.4, -0.2) is 28.2 Å². The SMILES string of the molecule is CC(=O)SCC1CC(=O)N(C(C)c2ccc(C(C)(C)C)cc2)C1. The normalized spacial score (nSPS) is 20.0. The highest BCUT2D eigenvalue weighted by atomic mass is 32.2. The van der Waals surface area contributed by atoms with Crippen LogP contribution in [0.2, 0.25) is 0 Å². The van der Waals surface area contributed by atoms with Crippen LogP contribution in [0.4, 0.5) is 0 Å². The lowest BCUT2D eigenvalue weighted by Gasteiger charge is -2.26. The molecule has 2 rings (SSSR count). The molecule has 1 amide bonds. The maximum atomic E-state index is 12.3. The van der Waals surface area contributed by atoms with Crippen LogP contribution in [0.5, 0.6) is 0 Å². The Balaban J connectivity index is 2.04. The molecular weight excluding hydrogens is 306 g/mol. The minimum absolute atomic E-state index is 0.0869. The van der Waals surface area contributed by atoms with Gasteiger partial charge in [0.05, 0.1) is 6.04 Å². The van der Waals surface area contributed by atoms with E-state index in [0.717, 1.165) is 12.3 Å². The monoisotopic (exact) mass is 333 g/mol. The van der Waals surface area contributed by atoms with Gasteiger partial charge in [-0.3, -0.25) is 9.59 Å². The number of hydrogen-bond acceptors (Lipinski definition) is 3. The molecule has 3 nitrogen and oxygen atoms in total. The Morgan fingerprint density at radius 3 is 2.43 bits per heavy atom. The number of rotatable bonds is 4. The molecule has 1 fully saturated rings. The van der Waals surface area contributed by atoms with Gasteiger partial charge in [0.1, 0.15) is 0 Å². The number of likely N-dealkylation sites (tertiary alicyclic amines) is 1. The van der Waals surface area contributed by atoms with Crippen LogP contribution in [0, 0.1) is 5.92 Å². The van der Waals surface area contributed by atoms with E-state index in [1.54, 1.807) is 6.92 Å². The highest BCUT2D eigenvalue weighted by molar-refractivity contribution is 8.13. The van der Waals surface area contributed by atoms with Gasteiger partial charge in [-0.1, -0.05) is 56.8 Å². The molecule has 0 saturated carbocycles. The summed E-state index contributed by atoms with van der Waals surface area (Å²) >= 11 is 1.33. The van der Waals surface area contributed by atoms with Crippen molar-refractivity contribution in [3.8, 4) is 0 Å². The zero-order valence-corrected chi connectivity index (χ0v) is 15.6. The molecule has 0 radical (unpaired) electrons. The van der Waals surface area contributed by atoms with Gasteiger partial charge in [0.25, 0.3) is 0 Å². The van der Waals surface area contributed by atoms with Gasteiger partial charge in [-0.2, -0.15) is 0 Å². The fourth-order valence-electron chi connectivity index (χ4n) is 2.97. The topological polar surface area (TPSA) is 37.4 Å². The number of nitrogens with zero attached hydrogens (tertiary/aromatic N) is 1. The van der Waals surface area contributed by atoms with E-state index in [-0.39, 0.29) is 28.4 Å². The highest BCUT2D eigenvalue weighted by Crippen LogP contribution is 2.31. The van der Waals surface area contributed by atoms with Crippen molar-refractivity contribution < 1.29 is 9.59 Å². The molecule has 0 spiro atoms. The molecule has 1 aliphatic rings. The lowest BCUT2D eigenvalue weighted by Crippen LogP contribution is -2.28. The Morgan fingerprint density at radius 1 is 1.30 bits per heavy atom. The van der Waals surface area contributed by atoms with E-state index < -0.39 is 0 Å². The maximum Gasteiger partial charge on any atom is 0.223 e. The van der Waals surface area contributed by atoms with Gasteiger partial charge >= 0.3 is 0 Å². The van der Waals surface area contributed by atoms with E-state index in [9.17, 15) is 9.59 Å². The summed E-state index contributed by atoms with van der Waals surface area (Å²) in [5, 5.41) is 0.127. The summed E-state index contributed by atoms with van der Waals surface area (Å²) in [7, 11) is 0. The van der Waals surface area contributed by atoms with E-state index >= 15 is 0 Å². The van der Waals surface area contributed by atoms with Crippen molar-refractivity contribution in [1.29, 1.82) is 0 Å². The maximum absolute atomic E-state index is 12.3. The number of hydrogen-bond donors (Lipinski definition) is 0. The van der Waals surface area contributed by atoms with Crippen LogP contribution in [-0.2, 0) is 15.0 Å². The molecule has 23 heavy (non-hydrogen) atoms. The molecule has 126 valence electrons. The van der Waals surface area contributed by atoms with Crippen molar-refractivity contribution in [2.75, 3.05) is 12.3 Å². The standard InChI is InChI=1S/C19H27NO2S/c1-13(16-6-8-17(9-7-16)19(3,4)5)20-11-15(10-18(20)22)12-23-14(2)21/h6-9,13,15H,10-12H2,1-5H3. The number of carbonyl (C=O) groups excluding carboxylic acids is 2. The van der Waals surface area contributed by atoms with E-state index in [4.69, 9.17) is 0 Å². The van der Waals surface area contributed by atoms with E-state index in [2.05, 4.69) is 52.0 Å². The van der Waals surface area contributed by atoms with Crippen molar-refractivity contribution in [2.45, 2.75) is 52.5 Å².